The first kappa shape index (κ1) is 15.6. The lowest BCUT2D eigenvalue weighted by Gasteiger charge is -2.32. The molecule has 1 aliphatic heterocycles. The highest BCUT2D eigenvalue weighted by atomic mass is 16.5. The van der Waals surface area contributed by atoms with Crippen LogP contribution in [-0.4, -0.2) is 12.5 Å². The van der Waals surface area contributed by atoms with Crippen molar-refractivity contribution in [1.29, 1.82) is 0 Å². The van der Waals surface area contributed by atoms with Crippen LogP contribution in [0, 0.1) is 0 Å². The van der Waals surface area contributed by atoms with Gasteiger partial charge in [-0.3, -0.25) is 4.79 Å². The fourth-order valence-electron chi connectivity index (χ4n) is 2.80. The van der Waals surface area contributed by atoms with E-state index in [9.17, 15) is 4.79 Å². The second kappa shape index (κ2) is 5.73. The molecule has 0 aromatic heterocycles. The van der Waals surface area contributed by atoms with Gasteiger partial charge in [-0.05, 0) is 42.2 Å². The predicted molar refractivity (Wildman–Crippen MR) is 93.3 cm³/mol. The minimum absolute atomic E-state index is 0.0835. The van der Waals surface area contributed by atoms with Crippen LogP contribution in [0.3, 0.4) is 0 Å². The zero-order chi connectivity index (χ0) is 16.6. The third-order valence-corrected chi connectivity index (χ3v) is 4.28. The molecule has 3 nitrogen and oxygen atoms in total. The predicted octanol–water partition coefficient (Wildman–Crippen LogP) is 4.54. The molecule has 1 heterocycles. The highest BCUT2D eigenvalue weighted by Crippen LogP contribution is 2.32. The molecule has 2 aromatic carbocycles. The summed E-state index contributed by atoms with van der Waals surface area (Å²) < 4.78 is 5.90. The Bertz CT molecular complexity index is 744. The second-order valence-corrected chi connectivity index (χ2v) is 7.15. The van der Waals surface area contributed by atoms with E-state index in [4.69, 9.17) is 4.74 Å². The molecule has 0 atom stereocenters. The van der Waals surface area contributed by atoms with Gasteiger partial charge >= 0.3 is 0 Å². The Kier molecular flexibility index (Phi) is 3.88. The number of hydrogen-bond acceptors (Lipinski definition) is 3. The van der Waals surface area contributed by atoms with Crippen molar-refractivity contribution in [2.24, 2.45) is 0 Å². The molecule has 0 fully saturated rings. The average Bonchev–Trinajstić information content (AvgIpc) is 2.53. The number of carbonyl (C=O) groups is 1. The van der Waals surface area contributed by atoms with Crippen molar-refractivity contribution in [1.82, 2.24) is 0 Å². The Morgan fingerprint density at radius 3 is 2.61 bits per heavy atom. The van der Waals surface area contributed by atoms with E-state index in [1.165, 1.54) is 11.1 Å². The molecule has 0 bridgehead atoms. The summed E-state index contributed by atoms with van der Waals surface area (Å²) in [6, 6.07) is 14.2. The van der Waals surface area contributed by atoms with E-state index in [1.54, 1.807) is 6.92 Å². The molecule has 0 saturated heterocycles. The van der Waals surface area contributed by atoms with Gasteiger partial charge in [0.1, 0.15) is 5.75 Å². The zero-order valence-electron chi connectivity index (χ0n) is 14.2. The van der Waals surface area contributed by atoms with E-state index in [-0.39, 0.29) is 11.2 Å². The lowest BCUT2D eigenvalue weighted by atomic mass is 9.86. The quantitative estimate of drug-likeness (QED) is 0.763. The molecule has 0 amide bonds. The minimum Gasteiger partial charge on any atom is -0.473 e. The molecule has 3 rings (SSSR count). The monoisotopic (exact) mass is 309 g/mol. The number of nitrogens with zero attached hydrogens (tertiary/aromatic N) is 1. The molecule has 1 aliphatic rings. The van der Waals surface area contributed by atoms with Crippen molar-refractivity contribution >= 4 is 11.5 Å². The van der Waals surface area contributed by atoms with Gasteiger partial charge in [-0.25, -0.2) is 0 Å². The van der Waals surface area contributed by atoms with Crippen molar-refractivity contribution in [2.45, 2.75) is 39.7 Å². The molecular formula is C20H23NO2. The van der Waals surface area contributed by atoms with E-state index in [1.807, 2.05) is 24.3 Å². The molecule has 23 heavy (non-hydrogen) atoms. The molecule has 0 N–H and O–H groups in total. The molecule has 0 radical (unpaired) electrons. The maximum atomic E-state index is 11.6. The van der Waals surface area contributed by atoms with Gasteiger partial charge in [0, 0.05) is 23.4 Å². The lowest BCUT2D eigenvalue weighted by Crippen LogP contribution is -2.32. The van der Waals surface area contributed by atoms with Crippen molar-refractivity contribution in [3.63, 3.8) is 0 Å². The van der Waals surface area contributed by atoms with E-state index in [0.717, 1.165) is 23.5 Å². The third kappa shape index (κ3) is 3.24. The van der Waals surface area contributed by atoms with E-state index in [2.05, 4.69) is 43.9 Å². The molecule has 3 heteroatoms. The SMILES string of the molecule is CC(=O)c1cccc(N2COc3ccc(C(C)(C)C)cc3C2)c1. The second-order valence-electron chi connectivity index (χ2n) is 7.15. The number of anilines is 1. The largest absolute Gasteiger partial charge is 0.473 e. The Labute approximate surface area is 137 Å². The number of carbonyl (C=O) groups excluding carboxylic acids is 1. The number of hydrogen-bond donors (Lipinski definition) is 0. The molecular weight excluding hydrogens is 286 g/mol. The van der Waals surface area contributed by atoms with Crippen molar-refractivity contribution < 1.29 is 9.53 Å². The maximum Gasteiger partial charge on any atom is 0.161 e. The zero-order valence-corrected chi connectivity index (χ0v) is 14.2. The van der Waals surface area contributed by atoms with Crippen LogP contribution in [0.2, 0.25) is 0 Å². The van der Waals surface area contributed by atoms with Crippen LogP contribution in [0.5, 0.6) is 5.75 Å². The van der Waals surface area contributed by atoms with Crippen LogP contribution in [0.4, 0.5) is 5.69 Å². The van der Waals surface area contributed by atoms with Crippen LogP contribution in [-0.2, 0) is 12.0 Å². The summed E-state index contributed by atoms with van der Waals surface area (Å²) in [7, 11) is 0. The van der Waals surface area contributed by atoms with E-state index < -0.39 is 0 Å². The first-order chi connectivity index (χ1) is 10.8. The van der Waals surface area contributed by atoms with Gasteiger partial charge < -0.3 is 9.64 Å². The van der Waals surface area contributed by atoms with Gasteiger partial charge in [-0.2, -0.15) is 0 Å². The maximum absolute atomic E-state index is 11.6. The normalized spacial score (nSPS) is 14.2. The van der Waals surface area contributed by atoms with Crippen molar-refractivity contribution in [2.75, 3.05) is 11.6 Å². The number of fused-ring (bicyclic) bond motifs is 1. The van der Waals surface area contributed by atoms with Gasteiger partial charge in [0.15, 0.2) is 12.5 Å². The van der Waals surface area contributed by atoms with Crippen LogP contribution in [0.25, 0.3) is 0 Å². The number of benzene rings is 2. The van der Waals surface area contributed by atoms with Gasteiger partial charge in [0.05, 0.1) is 0 Å². The first-order valence-electron chi connectivity index (χ1n) is 7.97. The molecule has 0 aliphatic carbocycles. The molecule has 0 saturated carbocycles. The summed E-state index contributed by atoms with van der Waals surface area (Å²) in [4.78, 5) is 13.7. The third-order valence-electron chi connectivity index (χ3n) is 4.28. The highest BCUT2D eigenvalue weighted by molar-refractivity contribution is 5.95. The first-order valence-corrected chi connectivity index (χ1v) is 7.97. The fourth-order valence-corrected chi connectivity index (χ4v) is 2.80. The summed E-state index contributed by atoms with van der Waals surface area (Å²) in [6.07, 6.45) is 0. The fraction of sp³-hybridized carbons (Fsp3) is 0.350. The summed E-state index contributed by atoms with van der Waals surface area (Å²) in [6.45, 7) is 9.53. The van der Waals surface area contributed by atoms with E-state index >= 15 is 0 Å². The smallest absolute Gasteiger partial charge is 0.161 e. The van der Waals surface area contributed by atoms with Crippen LogP contribution < -0.4 is 9.64 Å². The van der Waals surface area contributed by atoms with Gasteiger partial charge in [0.2, 0.25) is 0 Å². The Morgan fingerprint density at radius 2 is 1.91 bits per heavy atom. The number of ether oxygens (including phenoxy) is 1. The Hall–Kier alpha value is -2.29. The molecule has 120 valence electrons. The van der Waals surface area contributed by atoms with Crippen LogP contribution in [0.1, 0.15) is 49.2 Å². The molecule has 2 aromatic rings. The van der Waals surface area contributed by atoms with E-state index in [0.29, 0.717) is 6.73 Å². The molecule has 0 spiro atoms. The Morgan fingerprint density at radius 1 is 1.13 bits per heavy atom. The number of rotatable bonds is 2. The molecule has 0 unspecified atom stereocenters. The van der Waals surface area contributed by atoms with Crippen LogP contribution >= 0.6 is 0 Å². The lowest BCUT2D eigenvalue weighted by molar-refractivity contribution is 0.101. The van der Waals surface area contributed by atoms with Crippen molar-refractivity contribution in [3.05, 3.63) is 59.2 Å². The standard InChI is InChI=1S/C20H23NO2/c1-14(22)15-6-5-7-18(11-15)21-12-16-10-17(20(2,3)4)8-9-19(16)23-13-21/h5-11H,12-13H2,1-4H3. The topological polar surface area (TPSA) is 29.5 Å². The summed E-state index contributed by atoms with van der Waals surface area (Å²) in [5.74, 6) is 1.04. The summed E-state index contributed by atoms with van der Waals surface area (Å²) in [5.41, 5.74) is 4.36. The van der Waals surface area contributed by atoms with Gasteiger partial charge in [-0.15, -0.1) is 0 Å². The summed E-state index contributed by atoms with van der Waals surface area (Å²) >= 11 is 0. The summed E-state index contributed by atoms with van der Waals surface area (Å²) in [5, 5.41) is 0. The average molecular weight is 309 g/mol. The van der Waals surface area contributed by atoms with Gasteiger partial charge in [-0.1, -0.05) is 39.0 Å². The number of ketones is 1. The highest BCUT2D eigenvalue weighted by Gasteiger charge is 2.21. The van der Waals surface area contributed by atoms with Crippen molar-refractivity contribution in [3.8, 4) is 5.75 Å². The van der Waals surface area contributed by atoms with Crippen LogP contribution in [0.15, 0.2) is 42.5 Å². The number of Topliss-reactive ketones (excluding diaryl/α,β-unsaturated/α-hetero) is 1. The minimum atomic E-state index is 0.0835. The van der Waals surface area contributed by atoms with Gasteiger partial charge in [0.25, 0.3) is 0 Å². The Balaban J connectivity index is 1.90.